The van der Waals surface area contributed by atoms with Crippen LogP contribution in [0.25, 0.3) is 6.08 Å². The first kappa shape index (κ1) is 20.8. The van der Waals surface area contributed by atoms with Gasteiger partial charge in [0.05, 0.1) is 6.61 Å². The number of carbonyl (C=O) groups is 1. The first-order valence-corrected chi connectivity index (χ1v) is 9.21. The van der Waals surface area contributed by atoms with Crippen molar-refractivity contribution in [3.8, 4) is 5.75 Å². The molecule has 1 aliphatic heterocycles. The maximum Gasteiger partial charge on any atom is 0.387 e. The van der Waals surface area contributed by atoms with E-state index in [9.17, 15) is 13.6 Å². The normalized spacial score (nSPS) is 16.3. The summed E-state index contributed by atoms with van der Waals surface area (Å²) in [5.41, 5.74) is 0.407. The second-order valence-corrected chi connectivity index (χ2v) is 6.93. The van der Waals surface area contributed by atoms with Crippen LogP contribution in [0.15, 0.2) is 28.7 Å². The number of nitrogens with one attached hydrogen (secondary N) is 1. The van der Waals surface area contributed by atoms with Crippen LogP contribution >= 0.6 is 15.9 Å². The van der Waals surface area contributed by atoms with Crippen molar-refractivity contribution < 1.29 is 23.0 Å². The number of benzene rings is 1. The fraction of sp³-hybridized carbons (Fsp3) is 0.500. The van der Waals surface area contributed by atoms with Gasteiger partial charge in [0.15, 0.2) is 0 Å². The largest absolute Gasteiger partial charge is 0.434 e. The van der Waals surface area contributed by atoms with Crippen LogP contribution in [0.5, 0.6) is 5.75 Å². The summed E-state index contributed by atoms with van der Waals surface area (Å²) in [6, 6.07) is 4.77. The molecule has 0 atom stereocenters. The summed E-state index contributed by atoms with van der Waals surface area (Å²) in [5.74, 6) is -0.220. The molecule has 0 unspecified atom stereocenters. The number of carbonyl (C=O) groups excluding carboxylic acids is 1. The molecule has 2 rings (SSSR count). The van der Waals surface area contributed by atoms with Gasteiger partial charge in [-0.3, -0.25) is 4.79 Å². The molecule has 0 bridgehead atoms. The smallest absolute Gasteiger partial charge is 0.387 e. The number of piperidine rings is 1. The Morgan fingerprint density at radius 2 is 2.15 bits per heavy atom. The van der Waals surface area contributed by atoms with Gasteiger partial charge in [-0.1, -0.05) is 15.9 Å². The Morgan fingerprint density at radius 3 is 2.81 bits per heavy atom. The Labute approximate surface area is 160 Å². The summed E-state index contributed by atoms with van der Waals surface area (Å²) in [6.45, 7) is 0.509. The van der Waals surface area contributed by atoms with Crippen LogP contribution in [0.3, 0.4) is 0 Å². The molecule has 0 radical (unpaired) electrons. The lowest BCUT2D eigenvalue weighted by Gasteiger charge is -2.31. The van der Waals surface area contributed by atoms with Crippen molar-refractivity contribution >= 4 is 27.9 Å². The number of rotatable bonds is 8. The average molecular weight is 433 g/mol. The Balaban J connectivity index is 1.87. The Hall–Kier alpha value is -1.51. The fourth-order valence-electron chi connectivity index (χ4n) is 2.79. The Kier molecular flexibility index (Phi) is 8.47. The lowest BCUT2D eigenvalue weighted by atomic mass is 10.0. The van der Waals surface area contributed by atoms with Crippen LogP contribution in [0.1, 0.15) is 18.4 Å². The molecule has 1 saturated heterocycles. The third-order valence-corrected chi connectivity index (χ3v) is 4.64. The van der Waals surface area contributed by atoms with Gasteiger partial charge in [-0.15, -0.1) is 0 Å². The summed E-state index contributed by atoms with van der Waals surface area (Å²) < 4.78 is 35.2. The highest BCUT2D eigenvalue weighted by Crippen LogP contribution is 2.26. The van der Waals surface area contributed by atoms with Crippen molar-refractivity contribution in [3.05, 3.63) is 34.3 Å². The number of alkyl halides is 2. The SMILES string of the molecule is COCCN1CCC(NC(=O)/C=C/c2cc(Br)ccc2OC(F)F)CC1. The van der Waals surface area contributed by atoms with Gasteiger partial charge >= 0.3 is 6.61 Å². The molecule has 1 amide bonds. The van der Waals surface area contributed by atoms with Crippen LogP contribution in [-0.2, 0) is 9.53 Å². The first-order chi connectivity index (χ1) is 12.5. The van der Waals surface area contributed by atoms with Gasteiger partial charge in [0.1, 0.15) is 5.75 Å². The summed E-state index contributed by atoms with van der Waals surface area (Å²) in [6.07, 6.45) is 4.57. The summed E-state index contributed by atoms with van der Waals surface area (Å²) >= 11 is 3.28. The van der Waals surface area contributed by atoms with Crippen LogP contribution in [0, 0.1) is 0 Å². The molecular formula is C18H23BrF2N2O3. The van der Waals surface area contributed by atoms with E-state index in [-0.39, 0.29) is 17.7 Å². The van der Waals surface area contributed by atoms with E-state index in [1.165, 1.54) is 18.2 Å². The monoisotopic (exact) mass is 432 g/mol. The topological polar surface area (TPSA) is 50.8 Å². The van der Waals surface area contributed by atoms with Gasteiger partial charge in [0, 0.05) is 48.9 Å². The highest BCUT2D eigenvalue weighted by Gasteiger charge is 2.19. The molecule has 0 saturated carbocycles. The number of hydrogen-bond donors (Lipinski definition) is 1. The predicted molar refractivity (Wildman–Crippen MR) is 99.3 cm³/mol. The van der Waals surface area contributed by atoms with E-state index in [0.717, 1.165) is 32.5 Å². The molecule has 144 valence electrons. The Bertz CT molecular complexity index is 620. The van der Waals surface area contributed by atoms with Crippen LogP contribution in [0.2, 0.25) is 0 Å². The minimum absolute atomic E-state index is 0.0266. The van der Waals surface area contributed by atoms with Crippen molar-refractivity contribution in [1.82, 2.24) is 10.2 Å². The molecule has 0 aliphatic carbocycles. The minimum Gasteiger partial charge on any atom is -0.434 e. The quantitative estimate of drug-likeness (QED) is 0.640. The molecule has 0 aromatic heterocycles. The molecular weight excluding hydrogens is 410 g/mol. The van der Waals surface area contributed by atoms with Crippen molar-refractivity contribution in [2.75, 3.05) is 33.4 Å². The summed E-state index contributed by atoms with van der Waals surface area (Å²) in [4.78, 5) is 14.4. The Morgan fingerprint density at radius 1 is 1.42 bits per heavy atom. The van der Waals surface area contributed by atoms with Gasteiger partial charge in [-0.25, -0.2) is 0 Å². The van der Waals surface area contributed by atoms with Crippen molar-refractivity contribution in [2.45, 2.75) is 25.5 Å². The van der Waals surface area contributed by atoms with E-state index >= 15 is 0 Å². The molecule has 1 aromatic carbocycles. The number of ether oxygens (including phenoxy) is 2. The number of halogens is 3. The van der Waals surface area contributed by atoms with E-state index in [0.29, 0.717) is 16.6 Å². The van der Waals surface area contributed by atoms with Crippen molar-refractivity contribution in [2.24, 2.45) is 0 Å². The molecule has 5 nitrogen and oxygen atoms in total. The third kappa shape index (κ3) is 7.01. The lowest BCUT2D eigenvalue weighted by Crippen LogP contribution is -2.45. The van der Waals surface area contributed by atoms with Gasteiger partial charge in [-0.05, 0) is 37.1 Å². The fourth-order valence-corrected chi connectivity index (χ4v) is 3.17. The van der Waals surface area contributed by atoms with Gasteiger partial charge in [0.25, 0.3) is 0 Å². The van der Waals surface area contributed by atoms with E-state index in [1.54, 1.807) is 19.2 Å². The van der Waals surface area contributed by atoms with Crippen LogP contribution in [0.4, 0.5) is 8.78 Å². The molecule has 1 aliphatic rings. The van der Waals surface area contributed by atoms with Gasteiger partial charge in [-0.2, -0.15) is 8.78 Å². The highest BCUT2D eigenvalue weighted by molar-refractivity contribution is 9.10. The van der Waals surface area contributed by atoms with E-state index in [1.807, 2.05) is 0 Å². The van der Waals surface area contributed by atoms with E-state index < -0.39 is 6.61 Å². The van der Waals surface area contributed by atoms with Gasteiger partial charge < -0.3 is 19.7 Å². The summed E-state index contributed by atoms with van der Waals surface area (Å²) in [7, 11) is 1.68. The number of likely N-dealkylation sites (tertiary alicyclic amines) is 1. The van der Waals surface area contributed by atoms with Crippen molar-refractivity contribution in [1.29, 1.82) is 0 Å². The average Bonchev–Trinajstić information content (AvgIpc) is 2.61. The van der Waals surface area contributed by atoms with E-state index in [4.69, 9.17) is 4.74 Å². The van der Waals surface area contributed by atoms with Crippen LogP contribution in [-0.4, -0.2) is 56.8 Å². The zero-order valence-electron chi connectivity index (χ0n) is 14.6. The third-order valence-electron chi connectivity index (χ3n) is 4.15. The van der Waals surface area contributed by atoms with E-state index in [2.05, 4.69) is 30.9 Å². The molecule has 26 heavy (non-hydrogen) atoms. The lowest BCUT2D eigenvalue weighted by molar-refractivity contribution is -0.117. The summed E-state index contributed by atoms with van der Waals surface area (Å²) in [5, 5.41) is 2.96. The first-order valence-electron chi connectivity index (χ1n) is 8.42. The van der Waals surface area contributed by atoms with Crippen LogP contribution < -0.4 is 10.1 Å². The molecule has 1 heterocycles. The number of nitrogens with zero attached hydrogens (tertiary/aromatic N) is 1. The maximum absolute atomic E-state index is 12.5. The van der Waals surface area contributed by atoms with Crippen molar-refractivity contribution in [3.63, 3.8) is 0 Å². The molecule has 1 fully saturated rings. The second kappa shape index (κ2) is 10.6. The molecule has 8 heteroatoms. The zero-order valence-corrected chi connectivity index (χ0v) is 16.2. The number of methoxy groups -OCH3 is 1. The zero-order chi connectivity index (χ0) is 18.9. The molecule has 1 N–H and O–H groups in total. The number of amides is 1. The standard InChI is InChI=1S/C18H23BrF2N2O3/c1-25-11-10-23-8-6-15(7-9-23)22-17(24)5-2-13-12-14(19)3-4-16(13)26-18(20)21/h2-5,12,15,18H,6-11H2,1H3,(H,22,24)/b5-2+. The second-order valence-electron chi connectivity index (χ2n) is 6.01. The minimum atomic E-state index is -2.92. The molecule has 1 aromatic rings. The molecule has 0 spiro atoms. The number of hydrogen-bond acceptors (Lipinski definition) is 4. The maximum atomic E-state index is 12.5. The highest BCUT2D eigenvalue weighted by atomic mass is 79.9. The predicted octanol–water partition coefficient (Wildman–Crippen LogP) is 3.29. The van der Waals surface area contributed by atoms with Gasteiger partial charge in [0.2, 0.25) is 5.91 Å².